The number of aliphatic hydroxyl groups is 1. The molecule has 2 N–H and O–H groups in total. The molecule has 1 amide bonds. The highest BCUT2D eigenvalue weighted by Crippen LogP contribution is 2.45. The zero-order chi connectivity index (χ0) is 24.9. The Bertz CT molecular complexity index is 1500. The second kappa shape index (κ2) is 8.80. The molecule has 1 fully saturated rings. The summed E-state index contributed by atoms with van der Waals surface area (Å²) in [5, 5.41) is 12.5. The summed E-state index contributed by atoms with van der Waals surface area (Å²) < 4.78 is 5.19. The van der Waals surface area contributed by atoms with Gasteiger partial charge in [-0.25, -0.2) is 0 Å². The first-order valence-electron chi connectivity index (χ1n) is 10.8. The van der Waals surface area contributed by atoms with Crippen LogP contribution in [0, 0.1) is 6.92 Å². The van der Waals surface area contributed by atoms with Gasteiger partial charge in [0.1, 0.15) is 5.76 Å². The summed E-state index contributed by atoms with van der Waals surface area (Å²) in [4.78, 5) is 31.4. The van der Waals surface area contributed by atoms with Gasteiger partial charge >= 0.3 is 0 Å². The van der Waals surface area contributed by atoms with E-state index < -0.39 is 17.7 Å². The lowest BCUT2D eigenvalue weighted by Crippen LogP contribution is -2.29. The van der Waals surface area contributed by atoms with Gasteiger partial charge in [0.25, 0.3) is 11.7 Å². The summed E-state index contributed by atoms with van der Waals surface area (Å²) in [7, 11) is 1.43. The predicted octanol–water partition coefficient (Wildman–Crippen LogP) is 6.42. The molecule has 1 atom stereocenters. The monoisotopic (exact) mass is 506 g/mol. The number of aromatic nitrogens is 1. The van der Waals surface area contributed by atoms with Gasteiger partial charge in [0.05, 0.1) is 28.8 Å². The van der Waals surface area contributed by atoms with Crippen molar-refractivity contribution in [2.24, 2.45) is 0 Å². The lowest BCUT2D eigenvalue weighted by Gasteiger charge is -2.25. The van der Waals surface area contributed by atoms with Crippen LogP contribution in [0.25, 0.3) is 16.7 Å². The van der Waals surface area contributed by atoms with Crippen molar-refractivity contribution < 1.29 is 19.4 Å². The van der Waals surface area contributed by atoms with Gasteiger partial charge in [-0.15, -0.1) is 0 Å². The van der Waals surface area contributed by atoms with E-state index in [2.05, 4.69) is 4.98 Å². The Morgan fingerprint density at radius 3 is 2.34 bits per heavy atom. The van der Waals surface area contributed by atoms with E-state index in [9.17, 15) is 14.7 Å². The number of aromatic amines is 1. The number of hydrogen-bond acceptors (Lipinski definition) is 4. The van der Waals surface area contributed by atoms with Crippen LogP contribution in [0.1, 0.15) is 22.7 Å². The van der Waals surface area contributed by atoms with Crippen LogP contribution in [-0.4, -0.2) is 28.9 Å². The molecule has 176 valence electrons. The first-order valence-corrected chi connectivity index (χ1v) is 11.5. The fourth-order valence-electron chi connectivity index (χ4n) is 4.47. The zero-order valence-electron chi connectivity index (χ0n) is 18.8. The molecule has 3 aromatic carbocycles. The number of ether oxygens (including phenoxy) is 1. The number of H-pyrrole nitrogens is 1. The molecule has 1 aliphatic rings. The Morgan fingerprint density at radius 2 is 1.69 bits per heavy atom. The Labute approximate surface area is 211 Å². The number of Topliss-reactive ketones (excluding diaryl/α,β-unsaturated/α-hetero) is 1. The maximum absolute atomic E-state index is 13.4. The van der Waals surface area contributed by atoms with Crippen LogP contribution in [0.5, 0.6) is 5.75 Å². The molecule has 2 heterocycles. The molecule has 35 heavy (non-hydrogen) atoms. The first kappa shape index (κ1) is 23.0. The van der Waals surface area contributed by atoms with Crippen molar-refractivity contribution in [3.8, 4) is 5.75 Å². The normalized spacial score (nSPS) is 17.4. The highest BCUT2D eigenvalue weighted by molar-refractivity contribution is 6.52. The number of benzene rings is 3. The minimum atomic E-state index is -0.881. The molecule has 1 aliphatic heterocycles. The first-order chi connectivity index (χ1) is 16.8. The van der Waals surface area contributed by atoms with Gasteiger partial charge < -0.3 is 14.8 Å². The molecule has 1 aromatic heterocycles. The Hall–Kier alpha value is -3.74. The number of aliphatic hydroxyl groups excluding tert-OH is 1. The number of methoxy groups -OCH3 is 1. The van der Waals surface area contributed by atoms with Gasteiger partial charge in [0.15, 0.2) is 5.75 Å². The van der Waals surface area contributed by atoms with Gasteiger partial charge in [0.2, 0.25) is 0 Å². The molecule has 0 aliphatic carbocycles. The second-order valence-corrected chi connectivity index (χ2v) is 9.08. The number of ketones is 1. The number of fused-ring (bicyclic) bond motifs is 1. The van der Waals surface area contributed by atoms with Crippen LogP contribution in [0.15, 0.2) is 72.4 Å². The Balaban J connectivity index is 1.78. The standard InChI is InChI=1S/C27H20Cl2N2O4/c1-14-7-9-16(10-8-14)31-23(18-13-30-21-6-4-3-5-17(18)21)22(25(33)27(31)34)24(32)15-11-19(28)26(35-2)20(29)12-15/h3-13,23,30,32H,1-2H3/b24-22+. The summed E-state index contributed by atoms with van der Waals surface area (Å²) >= 11 is 12.6. The zero-order valence-corrected chi connectivity index (χ0v) is 20.3. The average molecular weight is 507 g/mol. The number of amides is 1. The van der Waals surface area contributed by atoms with Gasteiger partial charge in [-0.2, -0.15) is 0 Å². The molecule has 1 saturated heterocycles. The third-order valence-electron chi connectivity index (χ3n) is 6.15. The van der Waals surface area contributed by atoms with Gasteiger partial charge in [-0.3, -0.25) is 14.5 Å². The molecular weight excluding hydrogens is 487 g/mol. The summed E-state index contributed by atoms with van der Waals surface area (Å²) in [5.74, 6) is -1.67. The third-order valence-corrected chi connectivity index (χ3v) is 6.71. The average Bonchev–Trinajstić information content (AvgIpc) is 3.38. The van der Waals surface area contributed by atoms with Crippen LogP contribution in [0.4, 0.5) is 5.69 Å². The molecule has 0 radical (unpaired) electrons. The third kappa shape index (κ3) is 3.75. The lowest BCUT2D eigenvalue weighted by atomic mass is 9.94. The summed E-state index contributed by atoms with van der Waals surface area (Å²) in [6.45, 7) is 1.94. The number of para-hydroxylation sites is 1. The minimum absolute atomic E-state index is 0.0578. The van der Waals surface area contributed by atoms with E-state index in [-0.39, 0.29) is 32.7 Å². The Morgan fingerprint density at radius 1 is 1.03 bits per heavy atom. The summed E-state index contributed by atoms with van der Waals surface area (Å²) in [5.41, 5.74) is 3.21. The van der Waals surface area contributed by atoms with Crippen LogP contribution in [-0.2, 0) is 9.59 Å². The topological polar surface area (TPSA) is 82.6 Å². The van der Waals surface area contributed by atoms with Gasteiger partial charge in [-0.05, 0) is 37.3 Å². The number of nitrogens with zero attached hydrogens (tertiary/aromatic N) is 1. The molecule has 6 nitrogen and oxygen atoms in total. The van der Waals surface area contributed by atoms with Crippen molar-refractivity contribution in [1.82, 2.24) is 4.98 Å². The van der Waals surface area contributed by atoms with Crippen molar-refractivity contribution in [2.75, 3.05) is 12.0 Å². The van der Waals surface area contributed by atoms with E-state index in [1.807, 2.05) is 43.3 Å². The van der Waals surface area contributed by atoms with Gasteiger partial charge in [-0.1, -0.05) is 59.1 Å². The fraction of sp³-hybridized carbons (Fsp3) is 0.111. The largest absolute Gasteiger partial charge is 0.507 e. The number of carbonyl (C=O) groups is 2. The van der Waals surface area contributed by atoms with Crippen molar-refractivity contribution in [3.05, 3.63) is 99.2 Å². The number of anilines is 1. The highest BCUT2D eigenvalue weighted by Gasteiger charge is 2.47. The molecule has 0 spiro atoms. The number of halogens is 2. The predicted molar refractivity (Wildman–Crippen MR) is 137 cm³/mol. The quantitative estimate of drug-likeness (QED) is 0.190. The van der Waals surface area contributed by atoms with Crippen LogP contribution >= 0.6 is 23.2 Å². The number of aryl methyl sites for hydroxylation is 1. The van der Waals surface area contributed by atoms with Gasteiger partial charge in [0, 0.05) is 33.9 Å². The van der Waals surface area contributed by atoms with Crippen molar-refractivity contribution in [3.63, 3.8) is 0 Å². The second-order valence-electron chi connectivity index (χ2n) is 8.27. The molecular formula is C27H20Cl2N2O4. The molecule has 0 saturated carbocycles. The summed E-state index contributed by atoms with van der Waals surface area (Å²) in [6, 6.07) is 16.9. The van der Waals surface area contributed by atoms with E-state index in [4.69, 9.17) is 27.9 Å². The van der Waals surface area contributed by atoms with E-state index in [0.29, 0.717) is 11.3 Å². The van der Waals surface area contributed by atoms with E-state index in [0.717, 1.165) is 16.5 Å². The maximum Gasteiger partial charge on any atom is 0.300 e. The SMILES string of the molecule is COc1c(Cl)cc(/C(O)=C2\C(=O)C(=O)N(c3ccc(C)cc3)C2c2c[nH]c3ccccc23)cc1Cl. The maximum atomic E-state index is 13.4. The summed E-state index contributed by atoms with van der Waals surface area (Å²) in [6.07, 6.45) is 1.75. The smallest absolute Gasteiger partial charge is 0.300 e. The van der Waals surface area contributed by atoms with Crippen molar-refractivity contribution in [1.29, 1.82) is 0 Å². The van der Waals surface area contributed by atoms with Crippen molar-refractivity contribution >= 4 is 57.2 Å². The van der Waals surface area contributed by atoms with E-state index >= 15 is 0 Å². The van der Waals surface area contributed by atoms with Crippen molar-refractivity contribution in [2.45, 2.75) is 13.0 Å². The van der Waals surface area contributed by atoms with Crippen LogP contribution < -0.4 is 9.64 Å². The fourth-order valence-corrected chi connectivity index (χ4v) is 5.11. The molecule has 0 bridgehead atoms. The Kier molecular flexibility index (Phi) is 5.79. The molecule has 5 rings (SSSR count). The number of nitrogens with one attached hydrogen (secondary N) is 1. The van der Waals surface area contributed by atoms with Crippen LogP contribution in [0.2, 0.25) is 10.0 Å². The number of rotatable bonds is 4. The number of hydrogen-bond donors (Lipinski definition) is 2. The molecule has 1 unspecified atom stereocenters. The molecule has 8 heteroatoms. The van der Waals surface area contributed by atoms with E-state index in [1.54, 1.807) is 18.3 Å². The highest BCUT2D eigenvalue weighted by atomic mass is 35.5. The van der Waals surface area contributed by atoms with Crippen LogP contribution in [0.3, 0.4) is 0 Å². The minimum Gasteiger partial charge on any atom is -0.507 e. The number of carbonyl (C=O) groups excluding carboxylic acids is 2. The molecule has 4 aromatic rings. The van der Waals surface area contributed by atoms with E-state index in [1.165, 1.54) is 24.1 Å². The lowest BCUT2D eigenvalue weighted by molar-refractivity contribution is -0.132.